The minimum Gasteiger partial charge on any atom is -0.471 e. The highest BCUT2D eigenvalue weighted by molar-refractivity contribution is 5.81. The maximum Gasteiger partial charge on any atom is 0.433 e. The molecule has 1 fully saturated rings. The second-order valence-electron chi connectivity index (χ2n) is 8.09. The van der Waals surface area contributed by atoms with E-state index in [9.17, 15) is 18.0 Å². The highest BCUT2D eigenvalue weighted by Crippen LogP contribution is 2.33. The van der Waals surface area contributed by atoms with Crippen LogP contribution < -0.4 is 10.1 Å². The van der Waals surface area contributed by atoms with Crippen LogP contribution in [-0.4, -0.2) is 33.9 Å². The van der Waals surface area contributed by atoms with Gasteiger partial charge in [0.1, 0.15) is 12.3 Å². The molecule has 2 aromatic rings. The van der Waals surface area contributed by atoms with Crippen molar-refractivity contribution in [1.82, 2.24) is 14.9 Å². The van der Waals surface area contributed by atoms with Gasteiger partial charge in [-0.1, -0.05) is 0 Å². The van der Waals surface area contributed by atoms with Crippen molar-refractivity contribution in [2.24, 2.45) is 11.0 Å². The highest BCUT2D eigenvalue weighted by Gasteiger charge is 2.35. The Morgan fingerprint density at radius 2 is 2.06 bits per heavy atom. The van der Waals surface area contributed by atoms with Crippen molar-refractivity contribution in [1.29, 1.82) is 5.53 Å². The van der Waals surface area contributed by atoms with Gasteiger partial charge in [-0.2, -0.15) is 18.3 Å². The second-order valence-corrected chi connectivity index (χ2v) is 8.09. The van der Waals surface area contributed by atoms with Crippen LogP contribution in [0.4, 0.5) is 18.9 Å². The third-order valence-electron chi connectivity index (χ3n) is 5.63. The Morgan fingerprint density at radius 3 is 2.70 bits per heavy atom. The first kappa shape index (κ1) is 22.7. The number of nitrogens with one attached hydrogen (secondary N) is 2. The fourth-order valence-electron chi connectivity index (χ4n) is 3.53. The number of aromatic nitrogens is 2. The van der Waals surface area contributed by atoms with E-state index in [1.165, 1.54) is 6.07 Å². The summed E-state index contributed by atoms with van der Waals surface area (Å²) in [5.74, 6) is 0.776. The van der Waals surface area contributed by atoms with Crippen LogP contribution in [0.5, 0.6) is 5.88 Å². The molecule has 0 spiro atoms. The molecule has 0 saturated heterocycles. The number of nitrogens with zero attached hydrogens (tertiary/aromatic N) is 4. The van der Waals surface area contributed by atoms with Crippen molar-refractivity contribution in [3.8, 4) is 5.88 Å². The van der Waals surface area contributed by atoms with Gasteiger partial charge in [0.25, 0.3) is 0 Å². The van der Waals surface area contributed by atoms with E-state index in [-0.39, 0.29) is 18.4 Å². The number of allylic oxidation sites excluding steroid dienone is 1. The number of hydrogen-bond acceptors (Lipinski definition) is 7. The number of ether oxygens (including phenoxy) is 1. The van der Waals surface area contributed by atoms with Crippen LogP contribution in [0.1, 0.15) is 36.6 Å². The predicted octanol–water partition coefficient (Wildman–Crippen LogP) is 4.54. The lowest BCUT2D eigenvalue weighted by Gasteiger charge is -2.29. The summed E-state index contributed by atoms with van der Waals surface area (Å²) >= 11 is 0. The lowest BCUT2D eigenvalue weighted by Crippen LogP contribution is -2.37. The molecular weight excluding hydrogens is 437 g/mol. The molecular formula is C22H23F3N6O2. The fraction of sp³-hybridized carbons (Fsp3) is 0.409. The van der Waals surface area contributed by atoms with Crippen molar-refractivity contribution < 1.29 is 22.7 Å². The summed E-state index contributed by atoms with van der Waals surface area (Å²) in [6.07, 6.45) is 0.910. The number of carbonyl (C=O) groups excluding carboxylic acids is 1. The van der Waals surface area contributed by atoms with Gasteiger partial charge >= 0.3 is 6.18 Å². The Hall–Kier alpha value is -3.50. The van der Waals surface area contributed by atoms with Crippen LogP contribution >= 0.6 is 0 Å². The molecule has 8 nitrogen and oxygen atoms in total. The van der Waals surface area contributed by atoms with Crippen molar-refractivity contribution in [3.05, 3.63) is 58.8 Å². The molecule has 0 bridgehead atoms. The third kappa shape index (κ3) is 5.47. The molecule has 2 N–H and O–H groups in total. The second kappa shape index (κ2) is 9.16. The maximum absolute atomic E-state index is 12.7. The van der Waals surface area contributed by atoms with E-state index in [1.54, 1.807) is 13.1 Å². The molecule has 0 atom stereocenters. The minimum absolute atomic E-state index is 0.0205. The summed E-state index contributed by atoms with van der Waals surface area (Å²) in [5.41, 5.74) is 9.35. The molecule has 0 radical (unpaired) electrons. The van der Waals surface area contributed by atoms with Gasteiger partial charge in [-0.15, -0.1) is 0 Å². The number of alkyl halides is 3. The number of carbonyl (C=O) groups is 1. The molecule has 1 aliphatic carbocycles. The Bertz CT molecular complexity index is 1080. The van der Waals surface area contributed by atoms with Crippen LogP contribution in [0.25, 0.3) is 0 Å². The van der Waals surface area contributed by atoms with Crippen LogP contribution in [0.15, 0.2) is 47.1 Å². The monoisotopic (exact) mass is 460 g/mol. The fourth-order valence-corrected chi connectivity index (χ4v) is 3.53. The van der Waals surface area contributed by atoms with Gasteiger partial charge in [0.15, 0.2) is 0 Å². The number of rotatable bonds is 7. The van der Waals surface area contributed by atoms with Crippen molar-refractivity contribution in [2.75, 3.05) is 18.5 Å². The summed E-state index contributed by atoms with van der Waals surface area (Å²) in [6, 6.07) is 3.95. The van der Waals surface area contributed by atoms with Gasteiger partial charge in [0.2, 0.25) is 11.8 Å². The van der Waals surface area contributed by atoms with Gasteiger partial charge in [-0.05, 0) is 49.4 Å². The van der Waals surface area contributed by atoms with E-state index >= 15 is 0 Å². The first-order valence-electron chi connectivity index (χ1n) is 10.5. The molecule has 0 aromatic carbocycles. The number of pyridine rings is 2. The van der Waals surface area contributed by atoms with E-state index in [0.717, 1.165) is 36.2 Å². The SMILES string of the molecule is C/C(N=N)=C(\COc1cc2c(cn1)CN(C(=O)C1CC1)CC2)Nc1ccc(C(F)(F)F)nc1. The van der Waals surface area contributed by atoms with Gasteiger partial charge < -0.3 is 15.0 Å². The Balaban J connectivity index is 1.40. The molecule has 1 aliphatic heterocycles. The largest absolute Gasteiger partial charge is 0.471 e. The quantitative estimate of drug-likeness (QED) is 0.591. The normalized spacial score (nSPS) is 16.5. The summed E-state index contributed by atoms with van der Waals surface area (Å²) in [4.78, 5) is 21.9. The number of anilines is 1. The van der Waals surface area contributed by atoms with Crippen LogP contribution in [0.2, 0.25) is 0 Å². The topological polar surface area (TPSA) is 104 Å². The molecule has 174 valence electrons. The molecule has 3 heterocycles. The van der Waals surface area contributed by atoms with Gasteiger partial charge in [-0.3, -0.25) is 4.79 Å². The highest BCUT2D eigenvalue weighted by atomic mass is 19.4. The Kier molecular flexibility index (Phi) is 6.30. The predicted molar refractivity (Wildman–Crippen MR) is 112 cm³/mol. The third-order valence-corrected chi connectivity index (χ3v) is 5.63. The standard InChI is InChI=1S/C22H23F3N6O2/c1-13(30-26)18(29-17-4-5-19(27-10-17)22(23,24)25)12-33-20-8-15-6-7-31(11-16(15)9-28-20)21(32)14-2-3-14/h4-5,8-10,14,26,29H,2-3,6-7,11-12H2,1H3/b18-13-,30-26?. The van der Waals surface area contributed by atoms with Crippen LogP contribution in [0.3, 0.4) is 0 Å². The lowest BCUT2D eigenvalue weighted by atomic mass is 10.0. The van der Waals surface area contributed by atoms with E-state index in [4.69, 9.17) is 10.3 Å². The number of fused-ring (bicyclic) bond motifs is 1. The summed E-state index contributed by atoms with van der Waals surface area (Å²) in [6.45, 7) is 2.77. The van der Waals surface area contributed by atoms with E-state index in [1.807, 2.05) is 11.0 Å². The number of amides is 1. The van der Waals surface area contributed by atoms with E-state index < -0.39 is 11.9 Å². The van der Waals surface area contributed by atoms with Crippen LogP contribution in [0, 0.1) is 11.4 Å². The zero-order valence-electron chi connectivity index (χ0n) is 17.9. The molecule has 11 heteroatoms. The smallest absolute Gasteiger partial charge is 0.433 e. The van der Waals surface area contributed by atoms with Gasteiger partial charge in [-0.25, -0.2) is 15.5 Å². The van der Waals surface area contributed by atoms with Crippen molar-refractivity contribution >= 4 is 11.6 Å². The average Bonchev–Trinajstić information content (AvgIpc) is 3.65. The number of halogens is 3. The number of hydrogen-bond donors (Lipinski definition) is 2. The van der Waals surface area contributed by atoms with Crippen LogP contribution in [-0.2, 0) is 23.9 Å². The minimum atomic E-state index is -4.52. The molecule has 33 heavy (non-hydrogen) atoms. The summed E-state index contributed by atoms with van der Waals surface area (Å²) in [5, 5.41) is 6.31. The molecule has 4 rings (SSSR count). The van der Waals surface area contributed by atoms with Crippen molar-refractivity contribution in [2.45, 2.75) is 38.9 Å². The van der Waals surface area contributed by atoms with Crippen molar-refractivity contribution in [3.63, 3.8) is 0 Å². The summed E-state index contributed by atoms with van der Waals surface area (Å²) in [7, 11) is 0. The zero-order valence-corrected chi connectivity index (χ0v) is 17.9. The molecule has 1 amide bonds. The Morgan fingerprint density at radius 1 is 1.27 bits per heavy atom. The van der Waals surface area contributed by atoms with Gasteiger partial charge in [0, 0.05) is 31.3 Å². The molecule has 2 aliphatic rings. The lowest BCUT2D eigenvalue weighted by molar-refractivity contribution is -0.141. The van der Waals surface area contributed by atoms with E-state index in [2.05, 4.69) is 20.4 Å². The first-order valence-corrected chi connectivity index (χ1v) is 10.5. The van der Waals surface area contributed by atoms with E-state index in [0.29, 0.717) is 42.5 Å². The molecule has 0 unspecified atom stereocenters. The zero-order chi connectivity index (χ0) is 23.6. The molecule has 1 saturated carbocycles. The maximum atomic E-state index is 12.7. The van der Waals surface area contributed by atoms with Gasteiger partial charge in [0.05, 0.1) is 23.3 Å². The average molecular weight is 460 g/mol. The molecule has 2 aromatic heterocycles. The Labute approximate surface area is 188 Å². The summed E-state index contributed by atoms with van der Waals surface area (Å²) < 4.78 is 43.9. The first-order chi connectivity index (χ1) is 15.7.